The van der Waals surface area contributed by atoms with Gasteiger partial charge in [-0.2, -0.15) is 0 Å². The Bertz CT molecular complexity index is 697. The van der Waals surface area contributed by atoms with Crippen molar-refractivity contribution in [2.75, 3.05) is 4.72 Å². The van der Waals surface area contributed by atoms with E-state index in [1.165, 1.54) is 0 Å². The summed E-state index contributed by atoms with van der Waals surface area (Å²) in [7, 11) is -4.16. The lowest BCUT2D eigenvalue weighted by atomic mass is 10.2. The van der Waals surface area contributed by atoms with Crippen LogP contribution in [0.4, 0.5) is 14.5 Å². The maximum atomic E-state index is 13.4. The SMILES string of the molecule is O=C(O)C1=C(S(=O)(=O)Nc2ccc(F)cc2F)CCC1. The van der Waals surface area contributed by atoms with Gasteiger partial charge in [0.1, 0.15) is 11.6 Å². The first-order chi connectivity index (χ1) is 9.31. The Morgan fingerprint density at radius 1 is 1.25 bits per heavy atom. The van der Waals surface area contributed by atoms with Gasteiger partial charge in [0.05, 0.1) is 16.2 Å². The lowest BCUT2D eigenvalue weighted by Crippen LogP contribution is -2.17. The number of rotatable bonds is 4. The zero-order valence-electron chi connectivity index (χ0n) is 10.2. The van der Waals surface area contributed by atoms with E-state index in [1.807, 2.05) is 4.72 Å². The molecule has 1 aromatic rings. The quantitative estimate of drug-likeness (QED) is 0.893. The summed E-state index contributed by atoms with van der Waals surface area (Å²) >= 11 is 0. The number of benzene rings is 1. The smallest absolute Gasteiger partial charge is 0.332 e. The highest BCUT2D eigenvalue weighted by Crippen LogP contribution is 2.31. The lowest BCUT2D eigenvalue weighted by molar-refractivity contribution is -0.132. The molecule has 0 saturated heterocycles. The molecule has 8 heteroatoms. The second-order valence-corrected chi connectivity index (χ2v) is 5.99. The van der Waals surface area contributed by atoms with Crippen LogP contribution in [0.15, 0.2) is 28.7 Å². The number of carboxylic acids is 1. The van der Waals surface area contributed by atoms with Crippen LogP contribution in [0.5, 0.6) is 0 Å². The minimum absolute atomic E-state index is 0.0831. The Hall–Kier alpha value is -1.96. The maximum absolute atomic E-state index is 13.4. The lowest BCUT2D eigenvalue weighted by Gasteiger charge is -2.10. The van der Waals surface area contributed by atoms with Crippen LogP contribution in [0.3, 0.4) is 0 Å². The Labute approximate surface area is 114 Å². The maximum Gasteiger partial charge on any atom is 0.332 e. The monoisotopic (exact) mass is 303 g/mol. The molecule has 2 rings (SSSR count). The number of halogens is 2. The van der Waals surface area contributed by atoms with Crippen molar-refractivity contribution in [3.8, 4) is 0 Å². The summed E-state index contributed by atoms with van der Waals surface area (Å²) in [6, 6.07) is 2.39. The summed E-state index contributed by atoms with van der Waals surface area (Å²) in [6.07, 6.45) is 0.640. The van der Waals surface area contributed by atoms with Crippen molar-refractivity contribution in [1.82, 2.24) is 0 Å². The van der Waals surface area contributed by atoms with Crippen LogP contribution in [0.2, 0.25) is 0 Å². The van der Waals surface area contributed by atoms with Crippen molar-refractivity contribution in [1.29, 1.82) is 0 Å². The third-order valence-corrected chi connectivity index (χ3v) is 4.51. The first-order valence-corrected chi connectivity index (χ1v) is 7.23. The van der Waals surface area contributed by atoms with Gasteiger partial charge in [0.25, 0.3) is 10.0 Å². The largest absolute Gasteiger partial charge is 0.478 e. The van der Waals surface area contributed by atoms with Gasteiger partial charge in [-0.3, -0.25) is 4.72 Å². The first-order valence-electron chi connectivity index (χ1n) is 5.74. The van der Waals surface area contributed by atoms with Crippen LogP contribution >= 0.6 is 0 Å². The molecule has 0 fully saturated rings. The molecule has 0 atom stereocenters. The summed E-state index contributed by atoms with van der Waals surface area (Å²) < 4.78 is 52.2. The van der Waals surface area contributed by atoms with Gasteiger partial charge in [0.2, 0.25) is 0 Å². The van der Waals surface area contributed by atoms with E-state index in [0.29, 0.717) is 12.5 Å². The fourth-order valence-corrected chi connectivity index (χ4v) is 3.52. The molecule has 108 valence electrons. The van der Waals surface area contributed by atoms with Crippen molar-refractivity contribution in [2.24, 2.45) is 0 Å². The molecule has 0 aromatic heterocycles. The highest BCUT2D eigenvalue weighted by Gasteiger charge is 2.30. The number of aliphatic carboxylic acids is 1. The van der Waals surface area contributed by atoms with Crippen molar-refractivity contribution in [3.63, 3.8) is 0 Å². The van der Waals surface area contributed by atoms with Gasteiger partial charge in [-0.05, 0) is 31.4 Å². The van der Waals surface area contributed by atoms with E-state index in [9.17, 15) is 22.0 Å². The molecule has 0 heterocycles. The van der Waals surface area contributed by atoms with E-state index >= 15 is 0 Å². The fourth-order valence-electron chi connectivity index (χ4n) is 2.02. The summed E-state index contributed by atoms with van der Waals surface area (Å²) in [5.74, 6) is -3.21. The highest BCUT2D eigenvalue weighted by molar-refractivity contribution is 7.96. The molecule has 1 aliphatic rings. The third-order valence-electron chi connectivity index (χ3n) is 2.93. The first kappa shape index (κ1) is 14.4. The number of sulfonamides is 1. The van der Waals surface area contributed by atoms with Crippen molar-refractivity contribution in [2.45, 2.75) is 19.3 Å². The standard InChI is InChI=1S/C12H11F2NO4S/c13-7-4-5-10(9(14)6-7)15-20(18,19)11-3-1-2-8(11)12(16)17/h4-6,15H,1-3H2,(H,16,17). The Morgan fingerprint density at radius 2 is 1.95 bits per heavy atom. The van der Waals surface area contributed by atoms with Gasteiger partial charge in [-0.1, -0.05) is 0 Å². The van der Waals surface area contributed by atoms with Crippen molar-refractivity contribution in [3.05, 3.63) is 40.3 Å². The normalized spacial score (nSPS) is 15.5. The average Bonchev–Trinajstić information content (AvgIpc) is 2.82. The van der Waals surface area contributed by atoms with Crippen LogP contribution in [0.25, 0.3) is 0 Å². The Kier molecular flexibility index (Phi) is 3.76. The number of nitrogens with one attached hydrogen (secondary N) is 1. The Balaban J connectivity index is 2.37. The second-order valence-electron chi connectivity index (χ2n) is 4.29. The number of hydrogen-bond donors (Lipinski definition) is 2. The molecule has 0 bridgehead atoms. The molecule has 0 unspecified atom stereocenters. The summed E-state index contributed by atoms with van der Waals surface area (Å²) in [5.41, 5.74) is -0.615. The average molecular weight is 303 g/mol. The topological polar surface area (TPSA) is 83.5 Å². The van der Waals surface area contributed by atoms with Gasteiger partial charge in [0.15, 0.2) is 0 Å². The Morgan fingerprint density at radius 3 is 2.55 bits per heavy atom. The zero-order valence-corrected chi connectivity index (χ0v) is 11.0. The fraction of sp³-hybridized carbons (Fsp3) is 0.250. The molecule has 1 aliphatic carbocycles. The molecule has 0 amide bonds. The second kappa shape index (κ2) is 5.20. The molecule has 0 aliphatic heterocycles. The molecular weight excluding hydrogens is 292 g/mol. The van der Waals surface area contributed by atoms with Gasteiger partial charge < -0.3 is 5.11 Å². The number of anilines is 1. The van der Waals surface area contributed by atoms with Crippen molar-refractivity contribution < 1.29 is 27.1 Å². The molecule has 0 radical (unpaired) electrons. The van der Waals surface area contributed by atoms with Gasteiger partial charge in [-0.25, -0.2) is 22.0 Å². The predicted molar refractivity (Wildman–Crippen MR) is 67.4 cm³/mol. The van der Waals surface area contributed by atoms with Crippen LogP contribution in [-0.4, -0.2) is 19.5 Å². The predicted octanol–water partition coefficient (Wildman–Crippen LogP) is 2.23. The van der Waals surface area contributed by atoms with Crippen LogP contribution in [-0.2, 0) is 14.8 Å². The van der Waals surface area contributed by atoms with E-state index in [2.05, 4.69) is 0 Å². The minimum Gasteiger partial charge on any atom is -0.478 e. The third kappa shape index (κ3) is 2.79. The van der Waals surface area contributed by atoms with E-state index in [-0.39, 0.29) is 23.3 Å². The van der Waals surface area contributed by atoms with Crippen LogP contribution < -0.4 is 4.72 Å². The zero-order chi connectivity index (χ0) is 14.9. The molecule has 0 spiro atoms. The number of allylic oxidation sites excluding steroid dienone is 1. The van der Waals surface area contributed by atoms with Gasteiger partial charge in [-0.15, -0.1) is 0 Å². The summed E-state index contributed by atoms with van der Waals surface area (Å²) in [5, 5.41) is 8.93. The van der Waals surface area contributed by atoms with Gasteiger partial charge in [0, 0.05) is 6.07 Å². The molecular formula is C12H11F2NO4S. The summed E-state index contributed by atoms with van der Waals surface area (Å²) in [6.45, 7) is 0. The number of hydrogen-bond acceptors (Lipinski definition) is 3. The molecule has 5 nitrogen and oxygen atoms in total. The van der Waals surface area contributed by atoms with E-state index in [4.69, 9.17) is 5.11 Å². The molecule has 2 N–H and O–H groups in total. The summed E-state index contributed by atoms with van der Waals surface area (Å²) in [4.78, 5) is 10.7. The minimum atomic E-state index is -4.16. The van der Waals surface area contributed by atoms with E-state index in [1.54, 1.807) is 0 Å². The molecule has 20 heavy (non-hydrogen) atoms. The van der Waals surface area contributed by atoms with E-state index < -0.39 is 33.3 Å². The van der Waals surface area contributed by atoms with Crippen LogP contribution in [0.1, 0.15) is 19.3 Å². The van der Waals surface area contributed by atoms with Gasteiger partial charge >= 0.3 is 5.97 Å². The molecule has 0 saturated carbocycles. The molecule has 1 aromatic carbocycles. The number of carbonyl (C=O) groups is 1. The van der Waals surface area contributed by atoms with E-state index in [0.717, 1.165) is 12.1 Å². The number of carboxylic acid groups (broad SMARTS) is 1. The van der Waals surface area contributed by atoms with Crippen LogP contribution in [0, 0.1) is 11.6 Å². The van der Waals surface area contributed by atoms with Crippen molar-refractivity contribution >= 4 is 21.7 Å². The highest BCUT2D eigenvalue weighted by atomic mass is 32.2.